The molecule has 0 fully saturated rings. The SMILES string of the molecule is O=C1c2ccccc2C[C@@H]1C1(C(F)(F)F)N=C(C(F)(F)F)NC(C(F)(F)F)=N1.O=C1c2ccccc2C[C@H]1C1(C(F)(F)F)N=C(C(F)(F)F)NC(C(F)(F)F)=N1.O=C1c2ccccc2C[C@H]1C1(C(F)(F)F)N=C(C(F)(F)F)NC(C(F)(F)F)=N1. The largest absolute Gasteiger partial charge is 0.449 e. The van der Waals surface area contributed by atoms with E-state index in [1.807, 2.05) is 0 Å². The van der Waals surface area contributed by atoms with Crippen molar-refractivity contribution in [2.75, 3.05) is 0 Å². The number of alkyl halides is 27. The third-order valence-electron chi connectivity index (χ3n) is 12.8. The molecule has 3 N–H and O–H groups in total. The molecule has 3 heterocycles. The Labute approximate surface area is 446 Å². The Morgan fingerprint density at radius 1 is 0.298 bits per heavy atom. The Hall–Kier alpha value is -7.80. The predicted molar refractivity (Wildman–Crippen MR) is 231 cm³/mol. The Morgan fingerprint density at radius 2 is 0.464 bits per heavy atom. The van der Waals surface area contributed by atoms with Crippen LogP contribution >= 0.6 is 0 Å². The molecule has 3 aliphatic heterocycles. The number of amidine groups is 6. The number of hydrogen-bond acceptors (Lipinski definition) is 12. The molecule has 6 aliphatic rings. The van der Waals surface area contributed by atoms with Crippen molar-refractivity contribution in [2.45, 2.75) is 91.8 Å². The predicted octanol–water partition coefficient (Wildman–Crippen LogP) is 11.5. The lowest BCUT2D eigenvalue weighted by atomic mass is 9.88. The number of hydrogen-bond donors (Lipinski definition) is 3. The first-order valence-electron chi connectivity index (χ1n) is 22.4. The van der Waals surface area contributed by atoms with E-state index in [1.165, 1.54) is 54.6 Å². The van der Waals surface area contributed by atoms with Gasteiger partial charge in [-0.15, -0.1) is 0 Å². The Bertz CT molecular complexity index is 2900. The Morgan fingerprint density at radius 3 is 0.607 bits per heavy atom. The zero-order valence-corrected chi connectivity index (χ0v) is 39.9. The van der Waals surface area contributed by atoms with Crippen LogP contribution in [0.4, 0.5) is 119 Å². The number of aliphatic imine (C=N–C) groups is 6. The zero-order valence-electron chi connectivity index (χ0n) is 39.9. The van der Waals surface area contributed by atoms with Crippen molar-refractivity contribution in [3.05, 3.63) is 106 Å². The normalized spacial score (nSPS) is 22.3. The van der Waals surface area contributed by atoms with Gasteiger partial charge in [-0.25, -0.2) is 30.0 Å². The lowest BCUT2D eigenvalue weighted by Crippen LogP contribution is -2.60. The number of Topliss-reactive ketones (excluding diaryl/α,β-unsaturated/α-hetero) is 3. The van der Waals surface area contributed by atoms with Crippen molar-refractivity contribution in [1.82, 2.24) is 16.0 Å². The highest BCUT2D eigenvalue weighted by Crippen LogP contribution is 2.52. The van der Waals surface area contributed by atoms with E-state index in [-0.39, 0.29) is 33.4 Å². The highest BCUT2D eigenvalue weighted by atomic mass is 19.4. The van der Waals surface area contributed by atoms with Gasteiger partial charge in [0.2, 0.25) is 35.0 Å². The van der Waals surface area contributed by atoms with Gasteiger partial charge in [-0.2, -0.15) is 119 Å². The number of halogens is 27. The van der Waals surface area contributed by atoms with Gasteiger partial charge in [0.05, 0.1) is 17.8 Å². The van der Waals surface area contributed by atoms with Crippen molar-refractivity contribution >= 4 is 52.4 Å². The lowest BCUT2D eigenvalue weighted by Gasteiger charge is -2.37. The molecule has 84 heavy (non-hydrogen) atoms. The Kier molecular flexibility index (Phi) is 15.5. The summed E-state index contributed by atoms with van der Waals surface area (Å²) in [5.74, 6) is -26.3. The first-order chi connectivity index (χ1) is 38.0. The quantitative estimate of drug-likeness (QED) is 0.221. The first kappa shape index (κ1) is 63.8. The molecule has 0 unspecified atom stereocenters. The van der Waals surface area contributed by atoms with Gasteiger partial charge in [-0.1, -0.05) is 72.8 Å². The van der Waals surface area contributed by atoms with E-state index in [2.05, 4.69) is 30.0 Å². The van der Waals surface area contributed by atoms with Crippen molar-refractivity contribution in [3.8, 4) is 0 Å². The molecule has 3 atom stereocenters. The van der Waals surface area contributed by atoms with Gasteiger partial charge in [0.15, 0.2) is 17.3 Å². The number of fused-ring (bicyclic) bond motifs is 3. The minimum absolute atomic E-state index is 0.0483. The second-order valence-electron chi connectivity index (χ2n) is 18.1. The highest BCUT2D eigenvalue weighted by Gasteiger charge is 2.71. The fourth-order valence-electron chi connectivity index (χ4n) is 9.14. The molecule has 12 nitrogen and oxygen atoms in total. The van der Waals surface area contributed by atoms with Crippen molar-refractivity contribution in [2.24, 2.45) is 47.7 Å². The number of carbonyl (C=O) groups is 3. The molecule has 0 bridgehead atoms. The second-order valence-corrected chi connectivity index (χ2v) is 18.1. The Balaban J connectivity index is 0.000000181. The molecule has 3 aromatic rings. The number of nitrogens with zero attached hydrogens (tertiary/aromatic N) is 6. The molecule has 0 aromatic heterocycles. The fourth-order valence-corrected chi connectivity index (χ4v) is 9.14. The van der Waals surface area contributed by atoms with Crippen LogP contribution in [0.15, 0.2) is 103 Å². The molecule has 3 aromatic carbocycles. The van der Waals surface area contributed by atoms with E-state index in [4.69, 9.17) is 0 Å². The standard InChI is InChI=1S/3C15H8F9N3O/c3*16-13(17,18)10-25-11(14(19,20)21)27-12(26-10,15(22,23)24)8-5-6-3-1-2-4-7(6)9(8)28/h3*1-4,8H,5H2,(H,25,26,27)/t3*8-/m110/s1. The van der Waals surface area contributed by atoms with Crippen molar-refractivity contribution in [3.63, 3.8) is 0 Å². The van der Waals surface area contributed by atoms with Gasteiger partial charge in [0.1, 0.15) is 0 Å². The average molecular weight is 1250 g/mol. The molecule has 0 saturated carbocycles. The van der Waals surface area contributed by atoms with Crippen LogP contribution in [0.25, 0.3) is 0 Å². The van der Waals surface area contributed by atoms with Crippen LogP contribution in [-0.2, 0) is 19.3 Å². The summed E-state index contributed by atoms with van der Waals surface area (Å²) in [6.07, 6.45) is -53.8. The van der Waals surface area contributed by atoms with Crippen molar-refractivity contribution in [1.29, 1.82) is 0 Å². The number of ketones is 3. The third kappa shape index (κ3) is 11.7. The van der Waals surface area contributed by atoms with Gasteiger partial charge in [0.25, 0.3) is 17.0 Å². The van der Waals surface area contributed by atoms with Gasteiger partial charge in [-0.05, 0) is 36.0 Å². The minimum atomic E-state index is -5.82. The number of rotatable bonds is 3. The van der Waals surface area contributed by atoms with Crippen LogP contribution in [0.2, 0.25) is 0 Å². The number of carbonyl (C=O) groups excluding carboxylic acids is 3. The van der Waals surface area contributed by atoms with Crippen LogP contribution in [0.1, 0.15) is 47.8 Å². The third-order valence-corrected chi connectivity index (χ3v) is 12.8. The van der Waals surface area contributed by atoms with E-state index in [0.717, 1.165) is 34.1 Å². The number of benzene rings is 3. The zero-order chi connectivity index (χ0) is 63.4. The van der Waals surface area contributed by atoms with Crippen molar-refractivity contribution < 1.29 is 133 Å². The molecular weight excluding hydrogens is 1230 g/mol. The summed E-state index contributed by atoms with van der Waals surface area (Å²) in [7, 11) is 0. The summed E-state index contributed by atoms with van der Waals surface area (Å²) in [6, 6.07) is 15.2. The average Bonchev–Trinajstić information content (AvgIpc) is 1.75. The van der Waals surface area contributed by atoms with E-state index in [1.54, 1.807) is 0 Å². The molecule has 3 aliphatic carbocycles. The molecule has 0 radical (unpaired) electrons. The van der Waals surface area contributed by atoms with Crippen LogP contribution in [0.5, 0.6) is 0 Å². The summed E-state index contributed by atoms with van der Waals surface area (Å²) < 4.78 is 359. The molecule has 0 saturated heterocycles. The molecular formula is C45H24F27N9O3. The topological polar surface area (TPSA) is 161 Å². The maximum atomic E-state index is 13.8. The van der Waals surface area contributed by atoms with Crippen LogP contribution < -0.4 is 16.0 Å². The van der Waals surface area contributed by atoms with Crippen LogP contribution in [0, 0.1) is 17.8 Å². The summed E-state index contributed by atoms with van der Waals surface area (Å²) in [5.41, 5.74) is -13.4. The fraction of sp³-hybridized carbons (Fsp3) is 0.400. The maximum Gasteiger partial charge on any atom is 0.449 e. The molecule has 0 amide bonds. The van der Waals surface area contributed by atoms with Gasteiger partial charge in [0, 0.05) is 16.7 Å². The number of nitrogens with one attached hydrogen (secondary N) is 3. The van der Waals surface area contributed by atoms with E-state index >= 15 is 0 Å². The smallest absolute Gasteiger partial charge is 0.317 e. The second kappa shape index (κ2) is 20.5. The minimum Gasteiger partial charge on any atom is -0.317 e. The van der Waals surface area contributed by atoms with Gasteiger partial charge < -0.3 is 16.0 Å². The summed E-state index contributed by atoms with van der Waals surface area (Å²) in [6.45, 7) is 0. The summed E-state index contributed by atoms with van der Waals surface area (Å²) in [4.78, 5) is 52.2. The maximum absolute atomic E-state index is 13.8. The summed E-state index contributed by atoms with van der Waals surface area (Å²) in [5, 5.41) is 2.28. The molecule has 9 rings (SSSR count). The molecule has 456 valence electrons. The van der Waals surface area contributed by atoms with E-state index in [0.29, 0.717) is 0 Å². The van der Waals surface area contributed by atoms with Crippen LogP contribution in [0.3, 0.4) is 0 Å². The lowest BCUT2D eigenvalue weighted by molar-refractivity contribution is -0.195. The molecule has 39 heteroatoms. The van der Waals surface area contributed by atoms with Crippen LogP contribution in [-0.4, -0.2) is 125 Å². The van der Waals surface area contributed by atoms with Gasteiger partial charge >= 0.3 is 55.6 Å². The monoisotopic (exact) mass is 1250 g/mol. The first-order valence-corrected chi connectivity index (χ1v) is 22.4. The highest BCUT2D eigenvalue weighted by molar-refractivity contribution is 6.11. The van der Waals surface area contributed by atoms with Gasteiger partial charge in [-0.3, -0.25) is 14.4 Å². The van der Waals surface area contributed by atoms with E-state index in [9.17, 15) is 133 Å². The van der Waals surface area contributed by atoms with E-state index < -0.39 is 162 Å². The summed E-state index contributed by atoms with van der Waals surface area (Å²) >= 11 is 0. The molecule has 0 spiro atoms.